The predicted octanol–water partition coefficient (Wildman–Crippen LogP) is 3.12. The molecule has 0 saturated carbocycles. The third kappa shape index (κ3) is 6.89. The summed E-state index contributed by atoms with van der Waals surface area (Å²) in [7, 11) is 0. The van der Waals surface area contributed by atoms with E-state index in [0.717, 1.165) is 35.8 Å². The monoisotopic (exact) mass is 286 g/mol. The second-order valence-corrected chi connectivity index (χ2v) is 5.60. The van der Waals surface area contributed by atoms with Crippen molar-refractivity contribution in [2.75, 3.05) is 5.75 Å². The van der Waals surface area contributed by atoms with Crippen LogP contribution in [0.4, 0.5) is 0 Å². The van der Waals surface area contributed by atoms with Crippen molar-refractivity contribution in [1.82, 2.24) is 5.43 Å². The van der Waals surface area contributed by atoms with E-state index in [1.165, 1.54) is 5.56 Å². The Kier molecular flexibility index (Phi) is 7.89. The first-order chi connectivity index (χ1) is 8.72. The molecule has 0 spiro atoms. The lowest BCUT2D eigenvalue weighted by Crippen LogP contribution is -2.29. The van der Waals surface area contributed by atoms with Crippen molar-refractivity contribution in [3.63, 3.8) is 0 Å². The molecule has 3 nitrogen and oxygen atoms in total. The first kappa shape index (κ1) is 15.3. The minimum atomic E-state index is -0.0798. The van der Waals surface area contributed by atoms with Gasteiger partial charge in [0, 0.05) is 17.2 Å². The first-order valence-corrected chi connectivity index (χ1v) is 7.57. The number of amides is 1. The highest BCUT2D eigenvalue weighted by Crippen LogP contribution is 2.16. The quantitative estimate of drug-likeness (QED) is 0.334. The molecular weight excluding hydrogens is 268 g/mol. The highest BCUT2D eigenvalue weighted by atomic mass is 35.5. The van der Waals surface area contributed by atoms with E-state index >= 15 is 0 Å². The number of halogens is 1. The number of nitrogens with one attached hydrogen (secondary N) is 1. The van der Waals surface area contributed by atoms with Crippen LogP contribution in [-0.4, -0.2) is 11.7 Å². The molecule has 0 unspecified atom stereocenters. The maximum atomic E-state index is 10.9. The standard InChI is InChI=1S/C13H19ClN2OS/c14-12-7-5-11(6-8-12)10-18-9-3-1-2-4-13(17)16-15/h5-8H,1-4,9-10,15H2,(H,16,17). The van der Waals surface area contributed by atoms with Crippen molar-refractivity contribution in [2.24, 2.45) is 5.84 Å². The van der Waals surface area contributed by atoms with Gasteiger partial charge < -0.3 is 0 Å². The third-order valence-corrected chi connectivity index (χ3v) is 3.90. The molecule has 1 aromatic carbocycles. The molecule has 0 aromatic heterocycles. The van der Waals surface area contributed by atoms with Gasteiger partial charge in [0.05, 0.1) is 0 Å². The minimum Gasteiger partial charge on any atom is -0.294 e. The van der Waals surface area contributed by atoms with Crippen LogP contribution in [0.15, 0.2) is 24.3 Å². The van der Waals surface area contributed by atoms with E-state index in [-0.39, 0.29) is 5.91 Å². The Morgan fingerprint density at radius 2 is 1.94 bits per heavy atom. The molecule has 0 heterocycles. The molecular formula is C13H19ClN2OS. The summed E-state index contributed by atoms with van der Waals surface area (Å²) in [5.41, 5.74) is 3.44. The summed E-state index contributed by atoms with van der Waals surface area (Å²) < 4.78 is 0. The SMILES string of the molecule is NNC(=O)CCCCCSCc1ccc(Cl)cc1. The Morgan fingerprint density at radius 3 is 2.61 bits per heavy atom. The van der Waals surface area contributed by atoms with Crippen molar-refractivity contribution >= 4 is 29.3 Å². The number of benzene rings is 1. The zero-order valence-corrected chi connectivity index (χ0v) is 11.9. The summed E-state index contributed by atoms with van der Waals surface area (Å²) in [6.07, 6.45) is 3.64. The zero-order chi connectivity index (χ0) is 13.2. The molecule has 0 aliphatic rings. The number of nitrogens with two attached hydrogens (primary N) is 1. The van der Waals surface area contributed by atoms with E-state index in [1.54, 1.807) is 0 Å². The molecule has 3 N–H and O–H groups in total. The molecule has 0 aliphatic carbocycles. The van der Waals surface area contributed by atoms with Gasteiger partial charge in [-0.25, -0.2) is 5.84 Å². The van der Waals surface area contributed by atoms with Gasteiger partial charge in [-0.2, -0.15) is 11.8 Å². The van der Waals surface area contributed by atoms with Gasteiger partial charge >= 0.3 is 0 Å². The number of unbranched alkanes of at least 4 members (excludes halogenated alkanes) is 2. The van der Waals surface area contributed by atoms with E-state index in [1.807, 2.05) is 23.9 Å². The highest BCUT2D eigenvalue weighted by Gasteiger charge is 1.98. The molecule has 100 valence electrons. The second kappa shape index (κ2) is 9.25. The van der Waals surface area contributed by atoms with Gasteiger partial charge in [0.15, 0.2) is 0 Å². The fraction of sp³-hybridized carbons (Fsp3) is 0.462. The normalized spacial score (nSPS) is 10.3. The van der Waals surface area contributed by atoms with E-state index in [0.29, 0.717) is 6.42 Å². The number of hydrogen-bond acceptors (Lipinski definition) is 3. The fourth-order valence-corrected chi connectivity index (χ4v) is 2.62. The van der Waals surface area contributed by atoms with E-state index < -0.39 is 0 Å². The average Bonchev–Trinajstić information content (AvgIpc) is 2.39. The Hall–Kier alpha value is -0.710. The summed E-state index contributed by atoms with van der Waals surface area (Å²) in [6.45, 7) is 0. The lowest BCUT2D eigenvalue weighted by molar-refractivity contribution is -0.121. The van der Waals surface area contributed by atoms with Gasteiger partial charge in [-0.1, -0.05) is 30.2 Å². The minimum absolute atomic E-state index is 0.0798. The molecule has 0 atom stereocenters. The van der Waals surface area contributed by atoms with E-state index in [2.05, 4.69) is 17.6 Å². The number of thioether (sulfide) groups is 1. The van der Waals surface area contributed by atoms with Crippen LogP contribution >= 0.6 is 23.4 Å². The van der Waals surface area contributed by atoms with Crippen molar-refractivity contribution < 1.29 is 4.79 Å². The largest absolute Gasteiger partial charge is 0.294 e. The summed E-state index contributed by atoms with van der Waals surface area (Å²) in [5, 5.41) is 0.780. The number of carbonyl (C=O) groups is 1. The lowest BCUT2D eigenvalue weighted by Gasteiger charge is -2.03. The molecule has 0 fully saturated rings. The molecule has 0 saturated heterocycles. The van der Waals surface area contributed by atoms with E-state index in [9.17, 15) is 4.79 Å². The summed E-state index contributed by atoms with van der Waals surface area (Å²) in [6, 6.07) is 7.95. The molecule has 1 amide bonds. The number of carbonyl (C=O) groups excluding carboxylic acids is 1. The summed E-state index contributed by atoms with van der Waals surface area (Å²) in [5.74, 6) is 7.05. The Morgan fingerprint density at radius 1 is 1.22 bits per heavy atom. The van der Waals surface area contributed by atoms with Crippen LogP contribution in [0.2, 0.25) is 5.02 Å². The fourth-order valence-electron chi connectivity index (χ4n) is 1.51. The maximum absolute atomic E-state index is 10.9. The van der Waals surface area contributed by atoms with E-state index in [4.69, 9.17) is 17.4 Å². The van der Waals surface area contributed by atoms with Crippen LogP contribution in [0.1, 0.15) is 31.2 Å². The molecule has 0 bridgehead atoms. The van der Waals surface area contributed by atoms with Crippen LogP contribution in [0.25, 0.3) is 0 Å². The molecule has 5 heteroatoms. The highest BCUT2D eigenvalue weighted by molar-refractivity contribution is 7.98. The van der Waals surface area contributed by atoms with Crippen LogP contribution in [0.3, 0.4) is 0 Å². The van der Waals surface area contributed by atoms with Gasteiger partial charge in [0.25, 0.3) is 0 Å². The maximum Gasteiger partial charge on any atom is 0.233 e. The Labute approximate surface area is 117 Å². The van der Waals surface area contributed by atoms with Crippen molar-refractivity contribution in [2.45, 2.75) is 31.4 Å². The van der Waals surface area contributed by atoms with Gasteiger partial charge in [-0.3, -0.25) is 10.2 Å². The van der Waals surface area contributed by atoms with Crippen LogP contribution in [0, 0.1) is 0 Å². The molecule has 18 heavy (non-hydrogen) atoms. The van der Waals surface area contributed by atoms with Crippen molar-refractivity contribution in [3.05, 3.63) is 34.9 Å². The van der Waals surface area contributed by atoms with Crippen LogP contribution in [-0.2, 0) is 10.5 Å². The van der Waals surface area contributed by atoms with Crippen LogP contribution in [0.5, 0.6) is 0 Å². The molecule has 0 radical (unpaired) electrons. The smallest absolute Gasteiger partial charge is 0.233 e. The third-order valence-electron chi connectivity index (χ3n) is 2.54. The van der Waals surface area contributed by atoms with Gasteiger partial charge in [0.2, 0.25) is 5.91 Å². The zero-order valence-electron chi connectivity index (χ0n) is 10.3. The molecule has 0 aliphatic heterocycles. The lowest BCUT2D eigenvalue weighted by atomic mass is 10.2. The molecule has 1 rings (SSSR count). The van der Waals surface area contributed by atoms with Gasteiger partial charge in [0.1, 0.15) is 0 Å². The predicted molar refractivity (Wildman–Crippen MR) is 78.4 cm³/mol. The molecule has 1 aromatic rings. The second-order valence-electron chi connectivity index (χ2n) is 4.06. The number of hydrogen-bond donors (Lipinski definition) is 2. The van der Waals surface area contributed by atoms with Crippen molar-refractivity contribution in [3.8, 4) is 0 Å². The van der Waals surface area contributed by atoms with Crippen molar-refractivity contribution in [1.29, 1.82) is 0 Å². The van der Waals surface area contributed by atoms with Gasteiger partial charge in [-0.15, -0.1) is 0 Å². The average molecular weight is 287 g/mol. The number of hydrazine groups is 1. The summed E-state index contributed by atoms with van der Waals surface area (Å²) >= 11 is 7.73. The first-order valence-electron chi connectivity index (χ1n) is 6.04. The van der Waals surface area contributed by atoms with Crippen LogP contribution < -0.4 is 11.3 Å². The van der Waals surface area contributed by atoms with Gasteiger partial charge in [-0.05, 0) is 36.3 Å². The Balaban J connectivity index is 1.99. The Bertz CT molecular complexity index is 357. The summed E-state index contributed by atoms with van der Waals surface area (Å²) in [4.78, 5) is 10.9. The number of rotatable bonds is 8. The topological polar surface area (TPSA) is 55.1 Å².